The maximum absolute atomic E-state index is 12.9. The summed E-state index contributed by atoms with van der Waals surface area (Å²) in [6.45, 7) is 0. The molecule has 1 heterocycles. The van der Waals surface area contributed by atoms with Gasteiger partial charge in [0.25, 0.3) is 5.91 Å². The van der Waals surface area contributed by atoms with E-state index in [1.807, 2.05) is 54.6 Å². The van der Waals surface area contributed by atoms with Crippen molar-refractivity contribution in [3.8, 4) is 0 Å². The van der Waals surface area contributed by atoms with E-state index in [0.29, 0.717) is 17.7 Å². The number of methoxy groups -OCH3 is 1. The molecule has 1 unspecified atom stereocenters. The topological polar surface area (TPSA) is 46.6 Å². The number of benzene rings is 2. The number of carbonyl (C=O) groups is 2. The Morgan fingerprint density at radius 1 is 1.08 bits per heavy atom. The first-order valence-corrected chi connectivity index (χ1v) is 7.83. The maximum atomic E-state index is 12.9. The van der Waals surface area contributed by atoms with E-state index in [0.717, 1.165) is 11.1 Å². The molecule has 0 radical (unpaired) electrons. The summed E-state index contributed by atoms with van der Waals surface area (Å²) in [5, 5.41) is 0. The van der Waals surface area contributed by atoms with E-state index in [1.165, 1.54) is 7.11 Å². The largest absolute Gasteiger partial charge is 0.469 e. The van der Waals surface area contributed by atoms with Gasteiger partial charge in [0.05, 0.1) is 13.0 Å². The zero-order valence-corrected chi connectivity index (χ0v) is 13.7. The highest BCUT2D eigenvalue weighted by molar-refractivity contribution is 6.01. The second kappa shape index (κ2) is 6.71. The molecule has 2 aromatic rings. The second-order valence-electron chi connectivity index (χ2n) is 5.77. The van der Waals surface area contributed by atoms with Crippen molar-refractivity contribution in [2.24, 2.45) is 5.92 Å². The number of rotatable bonds is 2. The Kier molecular flexibility index (Phi) is 4.47. The van der Waals surface area contributed by atoms with Gasteiger partial charge in [-0.25, -0.2) is 0 Å². The lowest BCUT2D eigenvalue weighted by Gasteiger charge is -2.27. The van der Waals surface area contributed by atoms with Crippen LogP contribution in [0.3, 0.4) is 0 Å². The van der Waals surface area contributed by atoms with Gasteiger partial charge in [-0.1, -0.05) is 48.5 Å². The van der Waals surface area contributed by atoms with E-state index >= 15 is 0 Å². The molecule has 1 aliphatic heterocycles. The van der Waals surface area contributed by atoms with Crippen molar-refractivity contribution in [3.05, 3.63) is 77.4 Å². The fourth-order valence-electron chi connectivity index (χ4n) is 3.00. The minimum Gasteiger partial charge on any atom is -0.469 e. The van der Waals surface area contributed by atoms with Gasteiger partial charge in [0, 0.05) is 18.3 Å². The number of fused-ring (bicyclic) bond motifs is 1. The van der Waals surface area contributed by atoms with Crippen molar-refractivity contribution in [2.45, 2.75) is 6.42 Å². The fourth-order valence-corrected chi connectivity index (χ4v) is 3.00. The van der Waals surface area contributed by atoms with Crippen molar-refractivity contribution in [3.63, 3.8) is 0 Å². The van der Waals surface area contributed by atoms with Crippen molar-refractivity contribution in [1.29, 1.82) is 0 Å². The third-order valence-corrected chi connectivity index (χ3v) is 4.29. The number of carbonyl (C=O) groups excluding carboxylic acids is 2. The van der Waals surface area contributed by atoms with Gasteiger partial charge in [-0.3, -0.25) is 9.59 Å². The van der Waals surface area contributed by atoms with Gasteiger partial charge in [-0.15, -0.1) is 0 Å². The lowest BCUT2D eigenvalue weighted by Crippen LogP contribution is -2.30. The summed E-state index contributed by atoms with van der Waals surface area (Å²) in [5.74, 6) is -0.827. The fraction of sp³-hybridized carbons (Fsp3) is 0.200. The minimum atomic E-state index is -0.443. The highest BCUT2D eigenvalue weighted by Gasteiger charge is 2.28. The number of amides is 1. The lowest BCUT2D eigenvalue weighted by molar-refractivity contribution is -0.143. The zero-order chi connectivity index (χ0) is 17.1. The predicted octanol–water partition coefficient (Wildman–Crippen LogP) is 3.15. The van der Waals surface area contributed by atoms with Gasteiger partial charge in [0.15, 0.2) is 0 Å². The smallest absolute Gasteiger partial charge is 0.312 e. The highest BCUT2D eigenvalue weighted by atomic mass is 16.5. The number of hydrogen-bond donors (Lipinski definition) is 0. The van der Waals surface area contributed by atoms with E-state index in [4.69, 9.17) is 4.74 Å². The summed E-state index contributed by atoms with van der Waals surface area (Å²) in [5.41, 5.74) is 3.08. The van der Waals surface area contributed by atoms with Gasteiger partial charge >= 0.3 is 5.97 Å². The molecule has 4 heteroatoms. The third-order valence-electron chi connectivity index (χ3n) is 4.29. The minimum absolute atomic E-state index is 0.0796. The standard InChI is InChI=1S/C20H19NO3/c1-21-18(14-8-4-3-5-9-14)13-16(20(23)24-2)12-15-10-6-7-11-17(15)19(21)22/h3-11,13,16H,12H2,1-2H3/b18-13-. The van der Waals surface area contributed by atoms with Crippen molar-refractivity contribution in [2.75, 3.05) is 14.2 Å². The number of esters is 1. The first kappa shape index (κ1) is 16.0. The Labute approximate surface area is 141 Å². The van der Waals surface area contributed by atoms with Crippen LogP contribution in [0.25, 0.3) is 5.70 Å². The molecule has 0 saturated heterocycles. The highest BCUT2D eigenvalue weighted by Crippen LogP contribution is 2.28. The van der Waals surface area contributed by atoms with E-state index in [9.17, 15) is 9.59 Å². The van der Waals surface area contributed by atoms with Crippen LogP contribution in [0.4, 0.5) is 0 Å². The molecule has 24 heavy (non-hydrogen) atoms. The molecule has 2 aromatic carbocycles. The first-order chi connectivity index (χ1) is 11.6. The number of ether oxygens (including phenoxy) is 1. The molecule has 1 amide bonds. The average Bonchev–Trinajstić information content (AvgIpc) is 2.63. The zero-order valence-electron chi connectivity index (χ0n) is 13.7. The van der Waals surface area contributed by atoms with Crippen molar-refractivity contribution < 1.29 is 14.3 Å². The molecular weight excluding hydrogens is 302 g/mol. The van der Waals surface area contributed by atoms with E-state index in [-0.39, 0.29) is 11.9 Å². The summed E-state index contributed by atoms with van der Waals surface area (Å²) < 4.78 is 4.96. The van der Waals surface area contributed by atoms with Gasteiger partial charge < -0.3 is 9.64 Å². The van der Waals surface area contributed by atoms with Gasteiger partial charge in [0.1, 0.15) is 0 Å². The second-order valence-corrected chi connectivity index (χ2v) is 5.77. The molecule has 0 spiro atoms. The molecule has 1 atom stereocenters. The molecule has 0 aromatic heterocycles. The van der Waals surface area contributed by atoms with Crippen molar-refractivity contribution in [1.82, 2.24) is 4.90 Å². The monoisotopic (exact) mass is 321 g/mol. The molecule has 4 nitrogen and oxygen atoms in total. The van der Waals surface area contributed by atoms with Gasteiger partial charge in [-0.2, -0.15) is 0 Å². The van der Waals surface area contributed by atoms with Crippen LogP contribution in [-0.4, -0.2) is 30.9 Å². The Balaban J connectivity index is 2.15. The van der Waals surface area contributed by atoms with E-state index < -0.39 is 5.92 Å². The first-order valence-electron chi connectivity index (χ1n) is 7.83. The van der Waals surface area contributed by atoms with Gasteiger partial charge in [-0.05, 0) is 29.7 Å². The summed E-state index contributed by atoms with van der Waals surface area (Å²) in [6, 6.07) is 17.0. The average molecular weight is 321 g/mol. The molecule has 1 aliphatic rings. The summed E-state index contributed by atoms with van der Waals surface area (Å²) >= 11 is 0. The normalized spacial score (nSPS) is 19.6. The molecule has 0 fully saturated rings. The Morgan fingerprint density at radius 3 is 2.46 bits per heavy atom. The van der Waals surface area contributed by atoms with Crippen LogP contribution in [0.15, 0.2) is 60.7 Å². The maximum Gasteiger partial charge on any atom is 0.312 e. The summed E-state index contributed by atoms with van der Waals surface area (Å²) in [4.78, 5) is 26.7. The molecule has 122 valence electrons. The van der Waals surface area contributed by atoms with Crippen LogP contribution in [0.2, 0.25) is 0 Å². The van der Waals surface area contributed by atoms with Gasteiger partial charge in [0.2, 0.25) is 0 Å². The molecule has 0 N–H and O–H groups in total. The quantitative estimate of drug-likeness (QED) is 0.798. The van der Waals surface area contributed by atoms with E-state index in [2.05, 4.69) is 0 Å². The molecule has 0 aliphatic carbocycles. The van der Waals surface area contributed by atoms with Crippen molar-refractivity contribution >= 4 is 17.6 Å². The SMILES string of the molecule is COC(=O)C1/C=C(/c2ccccc2)N(C)C(=O)c2ccccc2C1. The van der Waals surface area contributed by atoms with Crippen LogP contribution >= 0.6 is 0 Å². The molecule has 0 bridgehead atoms. The summed E-state index contributed by atoms with van der Waals surface area (Å²) in [6.07, 6.45) is 2.27. The molecule has 3 rings (SSSR count). The van der Waals surface area contributed by atoms with Crippen LogP contribution in [0.5, 0.6) is 0 Å². The summed E-state index contributed by atoms with van der Waals surface area (Å²) in [7, 11) is 3.12. The number of hydrogen-bond acceptors (Lipinski definition) is 3. The molecular formula is C20H19NO3. The molecule has 0 saturated carbocycles. The predicted molar refractivity (Wildman–Crippen MR) is 92.2 cm³/mol. The van der Waals surface area contributed by atoms with Crippen LogP contribution in [-0.2, 0) is 16.0 Å². The lowest BCUT2D eigenvalue weighted by atomic mass is 9.91. The van der Waals surface area contributed by atoms with Crippen LogP contribution in [0, 0.1) is 5.92 Å². The Bertz CT molecular complexity index is 796. The Morgan fingerprint density at radius 2 is 1.75 bits per heavy atom. The number of nitrogens with zero attached hydrogens (tertiary/aromatic N) is 1. The van der Waals surface area contributed by atoms with E-state index in [1.54, 1.807) is 18.0 Å². The van der Waals surface area contributed by atoms with Crippen LogP contribution in [0.1, 0.15) is 21.5 Å². The van der Waals surface area contributed by atoms with Crippen LogP contribution < -0.4 is 0 Å². The third kappa shape index (κ3) is 2.95. The Hall–Kier alpha value is -2.88.